The number of amides is 1. The highest BCUT2D eigenvalue weighted by atomic mass is 32.2. The summed E-state index contributed by atoms with van der Waals surface area (Å²) >= 11 is 1.50. The van der Waals surface area contributed by atoms with E-state index in [-0.39, 0.29) is 55.1 Å². The number of ether oxygens (including phenoxy) is 1. The third-order valence-electron chi connectivity index (χ3n) is 10.3. The molecule has 2 aromatic heterocycles. The third kappa shape index (κ3) is 6.40. The van der Waals surface area contributed by atoms with Gasteiger partial charge in [0.1, 0.15) is 0 Å². The largest absolute Gasteiger partial charge is 0.378 e. The molecule has 1 atom stereocenters. The number of pyridine rings is 1. The Labute approximate surface area is 267 Å². The second kappa shape index (κ2) is 12.7. The lowest BCUT2D eigenvalue weighted by Crippen LogP contribution is -2.52. The molecule has 11 heteroatoms. The molecule has 0 unspecified atom stereocenters. The number of halogens is 2. The standard InChI is InChI=1S/C34H45F2N5O3S/c1-19-12-30(45-5)28(32(42)38-19)16-37-33(43)31-21(3)41(29-13-25(10-11-27(29)31)40-17-26(18-40)44-4)20(2)22-6-8-23(9-7-22)39-24-14-34(35,36)15-24/h10-13,20,22-24,26,39H,6-9,14-18H2,1-5H3,(H,37,43)(H,38,42)/t20-,22?,23?/m1/s1. The topological polar surface area (TPSA) is 91.4 Å². The summed E-state index contributed by atoms with van der Waals surface area (Å²) in [4.78, 5) is 32.7. The Morgan fingerprint density at radius 1 is 1.13 bits per heavy atom. The minimum absolute atomic E-state index is 0.0515. The summed E-state index contributed by atoms with van der Waals surface area (Å²) in [6.07, 6.45) is 5.97. The summed E-state index contributed by atoms with van der Waals surface area (Å²) in [7, 11) is 1.74. The van der Waals surface area contributed by atoms with E-state index in [1.165, 1.54) is 11.8 Å². The molecule has 3 heterocycles. The second-order valence-corrected chi connectivity index (χ2v) is 14.1. The molecule has 1 aliphatic heterocycles. The maximum Gasteiger partial charge on any atom is 0.254 e. The van der Waals surface area contributed by atoms with Crippen molar-refractivity contribution < 1.29 is 18.3 Å². The first-order valence-corrected chi connectivity index (χ1v) is 17.3. The predicted molar refractivity (Wildman–Crippen MR) is 176 cm³/mol. The highest BCUT2D eigenvalue weighted by Crippen LogP contribution is 2.41. The van der Waals surface area contributed by atoms with Crippen LogP contribution in [0.4, 0.5) is 14.5 Å². The van der Waals surface area contributed by atoms with E-state index in [1.54, 1.807) is 7.11 Å². The number of aryl methyl sites for hydroxylation is 1. The van der Waals surface area contributed by atoms with E-state index in [4.69, 9.17) is 4.74 Å². The van der Waals surface area contributed by atoms with Crippen molar-refractivity contribution in [2.75, 3.05) is 31.4 Å². The number of benzene rings is 1. The molecule has 0 spiro atoms. The number of carbonyl (C=O) groups is 1. The molecule has 244 valence electrons. The average molecular weight is 642 g/mol. The van der Waals surface area contributed by atoms with Gasteiger partial charge in [0, 0.05) is 90.6 Å². The zero-order valence-corrected chi connectivity index (χ0v) is 27.7. The van der Waals surface area contributed by atoms with E-state index in [2.05, 4.69) is 50.2 Å². The van der Waals surface area contributed by atoms with Gasteiger partial charge in [-0.05, 0) is 82.9 Å². The van der Waals surface area contributed by atoms with E-state index < -0.39 is 5.92 Å². The number of hydrogen-bond donors (Lipinski definition) is 3. The monoisotopic (exact) mass is 641 g/mol. The quantitative estimate of drug-likeness (QED) is 0.238. The second-order valence-electron chi connectivity index (χ2n) is 13.3. The van der Waals surface area contributed by atoms with Crippen molar-refractivity contribution in [3.63, 3.8) is 0 Å². The van der Waals surface area contributed by atoms with Gasteiger partial charge in [-0.15, -0.1) is 11.8 Å². The number of aromatic amines is 1. The number of alkyl halides is 2. The van der Waals surface area contributed by atoms with E-state index >= 15 is 0 Å². The smallest absolute Gasteiger partial charge is 0.254 e. The first-order valence-electron chi connectivity index (χ1n) is 16.1. The van der Waals surface area contributed by atoms with E-state index in [0.717, 1.165) is 71.6 Å². The van der Waals surface area contributed by atoms with Gasteiger partial charge in [-0.3, -0.25) is 9.59 Å². The lowest BCUT2D eigenvalue weighted by atomic mass is 9.80. The van der Waals surface area contributed by atoms with Gasteiger partial charge in [0.05, 0.1) is 17.2 Å². The maximum absolute atomic E-state index is 13.9. The zero-order chi connectivity index (χ0) is 32.0. The SMILES string of the molecule is COC1CN(c2ccc3c(C(=O)NCc4c(SC)cc(C)[nH]c4=O)c(C)n([C@H](C)C4CCC(NC5CC(F)(F)C5)CC4)c3c2)C1. The Bertz CT molecular complexity index is 1620. The zero-order valence-electron chi connectivity index (χ0n) is 26.8. The van der Waals surface area contributed by atoms with Crippen molar-refractivity contribution in [1.82, 2.24) is 20.2 Å². The number of H-pyrrole nitrogens is 1. The fourth-order valence-corrected chi connectivity index (χ4v) is 8.32. The summed E-state index contributed by atoms with van der Waals surface area (Å²) in [6, 6.07) is 8.61. The number of carbonyl (C=O) groups excluding carboxylic acids is 1. The molecule has 45 heavy (non-hydrogen) atoms. The number of rotatable bonds is 10. The van der Waals surface area contributed by atoms with Crippen LogP contribution in [-0.2, 0) is 11.3 Å². The fourth-order valence-electron chi connectivity index (χ4n) is 7.62. The van der Waals surface area contributed by atoms with Crippen LogP contribution in [0.3, 0.4) is 0 Å². The van der Waals surface area contributed by atoms with Crippen molar-refractivity contribution in [1.29, 1.82) is 0 Å². The number of thioether (sulfide) groups is 1. The Balaban J connectivity index is 1.26. The van der Waals surface area contributed by atoms with Crippen molar-refractivity contribution in [2.24, 2.45) is 5.92 Å². The van der Waals surface area contributed by atoms with Crippen LogP contribution in [0.2, 0.25) is 0 Å². The van der Waals surface area contributed by atoms with Crippen molar-refractivity contribution in [3.8, 4) is 0 Å². The van der Waals surface area contributed by atoms with Crippen LogP contribution in [-0.4, -0.2) is 66.0 Å². The van der Waals surface area contributed by atoms with Crippen LogP contribution in [0.25, 0.3) is 10.9 Å². The van der Waals surface area contributed by atoms with Crippen LogP contribution in [0.15, 0.2) is 34.0 Å². The van der Waals surface area contributed by atoms with Crippen molar-refractivity contribution in [3.05, 3.63) is 57.1 Å². The van der Waals surface area contributed by atoms with Crippen LogP contribution in [0.5, 0.6) is 0 Å². The molecule has 6 rings (SSSR count). The Morgan fingerprint density at radius 2 is 1.84 bits per heavy atom. The van der Waals surface area contributed by atoms with Crippen LogP contribution in [0.1, 0.15) is 78.8 Å². The molecule has 0 radical (unpaired) electrons. The lowest BCUT2D eigenvalue weighted by molar-refractivity contribution is -0.0957. The van der Waals surface area contributed by atoms with Crippen LogP contribution in [0, 0.1) is 19.8 Å². The third-order valence-corrected chi connectivity index (χ3v) is 11.1. The number of fused-ring (bicyclic) bond motifs is 1. The first kappa shape index (κ1) is 32.1. The molecule has 1 amide bonds. The summed E-state index contributed by atoms with van der Waals surface area (Å²) in [5.74, 6) is -2.30. The predicted octanol–water partition coefficient (Wildman–Crippen LogP) is 5.94. The molecular weight excluding hydrogens is 596 g/mol. The van der Waals surface area contributed by atoms with Gasteiger partial charge in [-0.2, -0.15) is 0 Å². The molecule has 1 saturated heterocycles. The van der Waals surface area contributed by atoms with E-state index in [0.29, 0.717) is 17.0 Å². The van der Waals surface area contributed by atoms with E-state index in [1.807, 2.05) is 26.2 Å². The number of hydrogen-bond acceptors (Lipinski definition) is 6. The van der Waals surface area contributed by atoms with Crippen molar-refractivity contribution >= 4 is 34.3 Å². The summed E-state index contributed by atoms with van der Waals surface area (Å²) in [6.45, 7) is 7.92. The molecule has 2 saturated carbocycles. The summed E-state index contributed by atoms with van der Waals surface area (Å²) in [5, 5.41) is 7.42. The molecule has 3 aliphatic rings. The molecule has 0 bridgehead atoms. The van der Waals surface area contributed by atoms with Crippen LogP contribution < -0.4 is 21.1 Å². The molecule has 3 N–H and O–H groups in total. The Hall–Kier alpha value is -2.89. The number of nitrogens with zero attached hydrogens (tertiary/aromatic N) is 2. The number of anilines is 1. The summed E-state index contributed by atoms with van der Waals surface area (Å²) < 4.78 is 34.6. The molecule has 3 fully saturated rings. The van der Waals surface area contributed by atoms with E-state index in [9.17, 15) is 18.4 Å². The number of aromatic nitrogens is 2. The Kier molecular flexibility index (Phi) is 9.06. The first-order chi connectivity index (χ1) is 21.5. The summed E-state index contributed by atoms with van der Waals surface area (Å²) in [5.41, 5.74) is 4.84. The Morgan fingerprint density at radius 3 is 2.49 bits per heavy atom. The van der Waals surface area contributed by atoms with Gasteiger partial charge in [-0.25, -0.2) is 8.78 Å². The number of nitrogens with one attached hydrogen (secondary N) is 3. The van der Waals surface area contributed by atoms with Gasteiger partial charge in [0.2, 0.25) is 0 Å². The van der Waals surface area contributed by atoms with Gasteiger partial charge < -0.3 is 29.8 Å². The van der Waals surface area contributed by atoms with Crippen molar-refractivity contribution in [2.45, 2.75) is 101 Å². The molecule has 8 nitrogen and oxygen atoms in total. The molecule has 3 aromatic rings. The average Bonchev–Trinajstić information content (AvgIpc) is 3.25. The molecular formula is C34H45F2N5O3S. The minimum Gasteiger partial charge on any atom is -0.378 e. The van der Waals surface area contributed by atoms with Gasteiger partial charge in [-0.1, -0.05) is 0 Å². The maximum atomic E-state index is 13.9. The highest BCUT2D eigenvalue weighted by Gasteiger charge is 2.46. The van der Waals surface area contributed by atoms with Gasteiger partial charge >= 0.3 is 0 Å². The fraction of sp³-hybridized carbons (Fsp3) is 0.588. The number of methoxy groups -OCH3 is 1. The van der Waals surface area contributed by atoms with Gasteiger partial charge in [0.15, 0.2) is 0 Å². The minimum atomic E-state index is -2.51. The lowest BCUT2D eigenvalue weighted by Gasteiger charge is -2.41. The van der Waals surface area contributed by atoms with Gasteiger partial charge in [0.25, 0.3) is 17.4 Å². The van der Waals surface area contributed by atoms with Crippen LogP contribution >= 0.6 is 11.8 Å². The normalized spacial score (nSPS) is 22.7. The molecule has 1 aromatic carbocycles. The highest BCUT2D eigenvalue weighted by molar-refractivity contribution is 7.98. The molecule has 2 aliphatic carbocycles.